The number of amides is 1. The Labute approximate surface area is 195 Å². The Kier molecular flexibility index (Phi) is 7.91. The van der Waals surface area contributed by atoms with Crippen LogP contribution in [-0.2, 0) is 27.9 Å². The molecule has 3 rings (SSSR count). The highest BCUT2D eigenvalue weighted by Gasteiger charge is 2.27. The first kappa shape index (κ1) is 23.5. The van der Waals surface area contributed by atoms with Crippen LogP contribution >= 0.6 is 34.8 Å². The van der Waals surface area contributed by atoms with E-state index in [0.29, 0.717) is 20.6 Å². The van der Waals surface area contributed by atoms with Crippen molar-refractivity contribution in [3.8, 4) is 0 Å². The Morgan fingerprint density at radius 1 is 0.968 bits per heavy atom. The lowest BCUT2D eigenvalue weighted by molar-refractivity contribution is -0.121. The maximum absolute atomic E-state index is 13.2. The summed E-state index contributed by atoms with van der Waals surface area (Å²) in [6, 6.07) is 14.1. The van der Waals surface area contributed by atoms with Gasteiger partial charge in [0.05, 0.1) is 21.5 Å². The van der Waals surface area contributed by atoms with Crippen LogP contribution in [0.25, 0.3) is 0 Å². The van der Waals surface area contributed by atoms with E-state index in [-0.39, 0.29) is 24.5 Å². The fraction of sp³-hybridized carbons (Fsp3) is 0.143. The molecule has 0 fully saturated rings. The van der Waals surface area contributed by atoms with Crippen molar-refractivity contribution in [2.75, 3.05) is 6.54 Å². The minimum absolute atomic E-state index is 0.0250. The molecule has 0 unspecified atom stereocenters. The minimum Gasteiger partial charge on any atom is -0.351 e. The van der Waals surface area contributed by atoms with Gasteiger partial charge >= 0.3 is 0 Å². The predicted molar refractivity (Wildman–Crippen MR) is 122 cm³/mol. The van der Waals surface area contributed by atoms with Crippen molar-refractivity contribution < 1.29 is 13.2 Å². The van der Waals surface area contributed by atoms with Crippen LogP contribution in [0.15, 0.2) is 71.9 Å². The van der Waals surface area contributed by atoms with Crippen LogP contribution in [0.2, 0.25) is 15.1 Å². The van der Waals surface area contributed by atoms with Gasteiger partial charge in [-0.1, -0.05) is 46.9 Å². The molecule has 0 bridgehead atoms. The second-order valence-electron chi connectivity index (χ2n) is 6.61. The van der Waals surface area contributed by atoms with Crippen molar-refractivity contribution in [3.05, 3.63) is 93.2 Å². The van der Waals surface area contributed by atoms with E-state index in [0.717, 1.165) is 9.87 Å². The number of pyridine rings is 1. The third-order valence-electron chi connectivity index (χ3n) is 4.33. The van der Waals surface area contributed by atoms with Crippen LogP contribution in [0.4, 0.5) is 0 Å². The third-order valence-corrected chi connectivity index (χ3v) is 7.12. The summed E-state index contributed by atoms with van der Waals surface area (Å²) in [5.74, 6) is -0.457. The number of halogens is 3. The van der Waals surface area contributed by atoms with E-state index in [4.69, 9.17) is 34.8 Å². The highest BCUT2D eigenvalue weighted by atomic mass is 35.5. The second kappa shape index (κ2) is 10.4. The summed E-state index contributed by atoms with van der Waals surface area (Å²) >= 11 is 17.9. The molecule has 1 aromatic heterocycles. The summed E-state index contributed by atoms with van der Waals surface area (Å²) in [6.07, 6.45) is 3.25. The van der Waals surface area contributed by atoms with Gasteiger partial charge in [-0.2, -0.15) is 4.31 Å². The maximum Gasteiger partial charge on any atom is 0.243 e. The Morgan fingerprint density at radius 3 is 2.35 bits per heavy atom. The van der Waals surface area contributed by atoms with E-state index < -0.39 is 15.9 Å². The number of sulfonamides is 1. The average Bonchev–Trinajstić information content (AvgIpc) is 2.75. The molecule has 0 saturated heterocycles. The molecule has 31 heavy (non-hydrogen) atoms. The number of benzene rings is 2. The summed E-state index contributed by atoms with van der Waals surface area (Å²) in [6.45, 7) is -0.220. The number of carbonyl (C=O) groups excluding carboxylic acids is 1. The lowest BCUT2D eigenvalue weighted by Gasteiger charge is -2.22. The quantitative estimate of drug-likeness (QED) is 0.494. The van der Waals surface area contributed by atoms with Crippen molar-refractivity contribution in [2.24, 2.45) is 0 Å². The van der Waals surface area contributed by atoms with Crippen LogP contribution in [0.3, 0.4) is 0 Å². The van der Waals surface area contributed by atoms with E-state index in [1.54, 1.807) is 36.7 Å². The van der Waals surface area contributed by atoms with Gasteiger partial charge in [0, 0.05) is 30.5 Å². The van der Waals surface area contributed by atoms with Gasteiger partial charge in [0.25, 0.3) is 0 Å². The molecule has 0 aliphatic heterocycles. The van der Waals surface area contributed by atoms with Gasteiger partial charge in [0.2, 0.25) is 15.9 Å². The zero-order chi connectivity index (χ0) is 22.4. The number of hydrogen-bond donors (Lipinski definition) is 1. The van der Waals surface area contributed by atoms with Crippen LogP contribution in [-0.4, -0.2) is 30.2 Å². The summed E-state index contributed by atoms with van der Waals surface area (Å²) in [4.78, 5) is 16.6. The van der Waals surface area contributed by atoms with Crippen LogP contribution in [0, 0.1) is 0 Å². The molecular weight excluding hydrogens is 481 g/mol. The highest BCUT2D eigenvalue weighted by Crippen LogP contribution is 2.25. The van der Waals surface area contributed by atoms with Gasteiger partial charge < -0.3 is 5.32 Å². The Bertz CT molecular complexity index is 1160. The first-order chi connectivity index (χ1) is 14.8. The monoisotopic (exact) mass is 497 g/mol. The number of hydrogen-bond acceptors (Lipinski definition) is 4. The molecule has 10 heteroatoms. The van der Waals surface area contributed by atoms with E-state index in [1.807, 2.05) is 6.07 Å². The normalized spacial score (nSPS) is 11.5. The van der Waals surface area contributed by atoms with Crippen molar-refractivity contribution in [1.82, 2.24) is 14.6 Å². The average molecular weight is 499 g/mol. The fourth-order valence-electron chi connectivity index (χ4n) is 2.74. The molecule has 0 aliphatic rings. The zero-order valence-corrected chi connectivity index (χ0v) is 19.2. The number of aromatic nitrogens is 1. The zero-order valence-electron chi connectivity index (χ0n) is 16.1. The van der Waals surface area contributed by atoms with Crippen LogP contribution in [0.1, 0.15) is 11.1 Å². The minimum atomic E-state index is -3.99. The van der Waals surface area contributed by atoms with E-state index in [9.17, 15) is 13.2 Å². The Hall–Kier alpha value is -2.16. The van der Waals surface area contributed by atoms with Crippen molar-refractivity contribution >= 4 is 50.7 Å². The van der Waals surface area contributed by atoms with Gasteiger partial charge in [-0.05, 0) is 53.6 Å². The SMILES string of the molecule is O=C(CN(Cc1ccc(Cl)c(Cl)c1)S(=O)(=O)c1ccc(Cl)cc1)NCc1cccnc1. The molecule has 2 aromatic carbocycles. The molecule has 6 nitrogen and oxygen atoms in total. The summed E-state index contributed by atoms with van der Waals surface area (Å²) in [5, 5.41) is 3.77. The van der Waals surface area contributed by atoms with Crippen LogP contribution < -0.4 is 5.32 Å². The third kappa shape index (κ3) is 6.41. The largest absolute Gasteiger partial charge is 0.351 e. The molecule has 162 valence electrons. The molecule has 0 spiro atoms. The van der Waals surface area contributed by atoms with Gasteiger partial charge in [-0.3, -0.25) is 9.78 Å². The number of carbonyl (C=O) groups is 1. The van der Waals surface area contributed by atoms with Gasteiger partial charge in [-0.25, -0.2) is 8.42 Å². The van der Waals surface area contributed by atoms with Crippen LogP contribution in [0.5, 0.6) is 0 Å². The van der Waals surface area contributed by atoms with Crippen molar-refractivity contribution in [2.45, 2.75) is 18.0 Å². The highest BCUT2D eigenvalue weighted by molar-refractivity contribution is 7.89. The van der Waals surface area contributed by atoms with Gasteiger partial charge in [0.1, 0.15) is 0 Å². The van der Waals surface area contributed by atoms with Gasteiger partial charge in [-0.15, -0.1) is 0 Å². The summed E-state index contributed by atoms with van der Waals surface area (Å²) < 4.78 is 27.6. The topological polar surface area (TPSA) is 79.4 Å². The predicted octanol–water partition coefficient (Wildman–Crippen LogP) is 4.55. The van der Waals surface area contributed by atoms with E-state index >= 15 is 0 Å². The van der Waals surface area contributed by atoms with Crippen molar-refractivity contribution in [3.63, 3.8) is 0 Å². The molecule has 1 N–H and O–H groups in total. The smallest absolute Gasteiger partial charge is 0.243 e. The summed E-state index contributed by atoms with van der Waals surface area (Å²) in [5.41, 5.74) is 1.39. The second-order valence-corrected chi connectivity index (χ2v) is 9.80. The molecule has 1 heterocycles. The fourth-order valence-corrected chi connectivity index (χ4v) is 4.57. The van der Waals surface area contributed by atoms with Gasteiger partial charge in [0.15, 0.2) is 0 Å². The Balaban J connectivity index is 1.83. The maximum atomic E-state index is 13.2. The first-order valence-electron chi connectivity index (χ1n) is 9.11. The number of rotatable bonds is 8. The molecule has 3 aromatic rings. The van der Waals surface area contributed by atoms with E-state index in [2.05, 4.69) is 10.3 Å². The lowest BCUT2D eigenvalue weighted by Crippen LogP contribution is -2.40. The molecule has 1 amide bonds. The van der Waals surface area contributed by atoms with Crippen molar-refractivity contribution in [1.29, 1.82) is 0 Å². The summed E-state index contributed by atoms with van der Waals surface area (Å²) in [7, 11) is -3.99. The standard InChI is InChI=1S/C21H18Cl3N3O3S/c22-17-4-6-18(7-5-17)31(29,30)27(13-15-3-8-19(23)20(24)10-15)14-21(28)26-12-16-2-1-9-25-11-16/h1-11H,12-14H2,(H,26,28). The lowest BCUT2D eigenvalue weighted by atomic mass is 10.2. The Morgan fingerprint density at radius 2 is 1.71 bits per heavy atom. The molecule has 0 radical (unpaired) electrons. The number of nitrogens with zero attached hydrogens (tertiary/aromatic N) is 2. The molecule has 0 atom stereocenters. The molecule has 0 saturated carbocycles. The number of nitrogens with one attached hydrogen (secondary N) is 1. The molecule has 0 aliphatic carbocycles. The molecular formula is C21H18Cl3N3O3S. The van der Waals surface area contributed by atoms with E-state index in [1.165, 1.54) is 24.3 Å². The first-order valence-corrected chi connectivity index (χ1v) is 11.7.